The van der Waals surface area contributed by atoms with E-state index >= 15 is 0 Å². The molecule has 1 unspecified atom stereocenters. The summed E-state index contributed by atoms with van der Waals surface area (Å²) in [7, 11) is 5.42. The summed E-state index contributed by atoms with van der Waals surface area (Å²) in [5.74, 6) is 0.693. The molecule has 0 aliphatic rings. The summed E-state index contributed by atoms with van der Waals surface area (Å²) in [6.07, 6.45) is 1.57. The van der Waals surface area contributed by atoms with Gasteiger partial charge in [-0.25, -0.2) is 4.98 Å². The lowest BCUT2D eigenvalue weighted by Crippen LogP contribution is -2.35. The van der Waals surface area contributed by atoms with Crippen LogP contribution >= 0.6 is 0 Å². The van der Waals surface area contributed by atoms with Gasteiger partial charge in [-0.15, -0.1) is 0 Å². The predicted octanol–water partition coefficient (Wildman–Crippen LogP) is 0.912. The van der Waals surface area contributed by atoms with E-state index < -0.39 is 0 Å². The number of hydrogen-bond acceptors (Lipinski definition) is 4. The molecule has 1 heterocycles. The molecule has 0 fully saturated rings. The highest BCUT2D eigenvalue weighted by Gasteiger charge is 2.10. The number of methoxy groups -OCH3 is 1. The predicted molar refractivity (Wildman–Crippen MR) is 67.4 cm³/mol. The monoisotopic (exact) mass is 237 g/mol. The number of ether oxygens (including phenoxy) is 1. The topological polar surface area (TPSA) is 54.5 Å². The van der Waals surface area contributed by atoms with Crippen LogP contribution in [0.2, 0.25) is 0 Å². The molecule has 1 rings (SSSR count). The number of aromatic nitrogens is 1. The van der Waals surface area contributed by atoms with Crippen LogP contribution in [0.3, 0.4) is 0 Å². The van der Waals surface area contributed by atoms with Crippen molar-refractivity contribution < 1.29 is 9.53 Å². The molecule has 94 valence electrons. The third kappa shape index (κ3) is 4.03. The Morgan fingerprint density at radius 3 is 2.71 bits per heavy atom. The fraction of sp³-hybridized carbons (Fsp3) is 0.500. The average Bonchev–Trinajstić information content (AvgIpc) is 2.29. The van der Waals surface area contributed by atoms with Gasteiger partial charge in [0.2, 0.25) is 0 Å². The summed E-state index contributed by atoms with van der Waals surface area (Å²) in [5, 5.41) is 2.83. The van der Waals surface area contributed by atoms with Crippen molar-refractivity contribution in [2.24, 2.45) is 0 Å². The maximum Gasteiger partial charge on any atom is 0.253 e. The Bertz CT molecular complexity index is 363. The molecule has 0 spiro atoms. The molecular formula is C12H19N3O2. The Morgan fingerprint density at radius 1 is 1.53 bits per heavy atom. The first-order chi connectivity index (χ1) is 8.04. The molecule has 0 saturated carbocycles. The van der Waals surface area contributed by atoms with Crippen molar-refractivity contribution in [2.45, 2.75) is 13.0 Å². The first-order valence-electron chi connectivity index (χ1n) is 5.47. The minimum Gasteiger partial charge on any atom is -0.383 e. The van der Waals surface area contributed by atoms with Gasteiger partial charge in [-0.05, 0) is 19.1 Å². The van der Waals surface area contributed by atoms with Gasteiger partial charge in [-0.2, -0.15) is 0 Å². The third-order valence-electron chi connectivity index (χ3n) is 2.26. The van der Waals surface area contributed by atoms with E-state index in [1.54, 1.807) is 19.4 Å². The van der Waals surface area contributed by atoms with Crippen molar-refractivity contribution in [1.82, 2.24) is 10.3 Å². The summed E-state index contributed by atoms with van der Waals surface area (Å²) in [6, 6.07) is 3.56. The van der Waals surface area contributed by atoms with E-state index in [1.165, 1.54) is 0 Å². The lowest BCUT2D eigenvalue weighted by Gasteiger charge is -2.14. The van der Waals surface area contributed by atoms with Gasteiger partial charge in [-0.3, -0.25) is 4.79 Å². The Labute approximate surface area is 102 Å². The summed E-state index contributed by atoms with van der Waals surface area (Å²) in [6.45, 7) is 2.39. The first-order valence-corrected chi connectivity index (χ1v) is 5.47. The Morgan fingerprint density at radius 2 is 2.24 bits per heavy atom. The highest BCUT2D eigenvalue weighted by Crippen LogP contribution is 2.07. The molecule has 17 heavy (non-hydrogen) atoms. The minimum absolute atomic E-state index is 0.0129. The number of pyridine rings is 1. The molecule has 0 aliphatic carbocycles. The van der Waals surface area contributed by atoms with Crippen molar-refractivity contribution in [3.05, 3.63) is 23.9 Å². The average molecular weight is 237 g/mol. The quantitative estimate of drug-likeness (QED) is 0.827. The first kappa shape index (κ1) is 13.4. The second kappa shape index (κ2) is 6.20. The van der Waals surface area contributed by atoms with E-state index in [0.717, 1.165) is 5.82 Å². The van der Waals surface area contributed by atoms with Crippen LogP contribution < -0.4 is 10.2 Å². The highest BCUT2D eigenvalue weighted by molar-refractivity contribution is 5.94. The minimum atomic E-state index is -0.132. The van der Waals surface area contributed by atoms with E-state index in [-0.39, 0.29) is 11.9 Å². The SMILES string of the molecule is COCC(C)NC(=O)c1ccc(N(C)C)nc1. The number of carbonyl (C=O) groups is 1. The molecule has 1 aromatic rings. The van der Waals surface area contributed by atoms with Crippen molar-refractivity contribution in [2.75, 3.05) is 32.7 Å². The van der Waals surface area contributed by atoms with Crippen molar-refractivity contribution in [3.8, 4) is 0 Å². The van der Waals surface area contributed by atoms with Crippen LogP contribution in [0, 0.1) is 0 Å². The Kier molecular flexibility index (Phi) is 4.90. The van der Waals surface area contributed by atoms with Crippen LogP contribution in [0.25, 0.3) is 0 Å². The fourth-order valence-corrected chi connectivity index (χ4v) is 1.38. The maximum atomic E-state index is 11.8. The summed E-state index contributed by atoms with van der Waals surface area (Å²) >= 11 is 0. The van der Waals surface area contributed by atoms with Gasteiger partial charge in [0.05, 0.1) is 12.2 Å². The van der Waals surface area contributed by atoms with E-state index in [9.17, 15) is 4.79 Å². The lowest BCUT2D eigenvalue weighted by atomic mass is 10.2. The number of nitrogens with zero attached hydrogens (tertiary/aromatic N) is 2. The molecule has 0 aliphatic heterocycles. The number of anilines is 1. The highest BCUT2D eigenvalue weighted by atomic mass is 16.5. The molecule has 5 heteroatoms. The number of amides is 1. The van der Waals surface area contributed by atoms with Crippen LogP contribution in [0.15, 0.2) is 18.3 Å². The molecule has 1 atom stereocenters. The molecule has 0 radical (unpaired) electrons. The number of carbonyl (C=O) groups excluding carboxylic acids is 1. The zero-order valence-electron chi connectivity index (χ0n) is 10.7. The standard InChI is InChI=1S/C12H19N3O2/c1-9(8-17-4)14-12(16)10-5-6-11(13-7-10)15(2)3/h5-7,9H,8H2,1-4H3,(H,14,16). The van der Waals surface area contributed by atoms with Crippen LogP contribution in [0.4, 0.5) is 5.82 Å². The molecule has 0 saturated heterocycles. The van der Waals surface area contributed by atoms with Gasteiger partial charge in [-0.1, -0.05) is 0 Å². The lowest BCUT2D eigenvalue weighted by molar-refractivity contribution is 0.0905. The number of rotatable bonds is 5. The maximum absolute atomic E-state index is 11.8. The van der Waals surface area contributed by atoms with Crippen LogP contribution in [-0.2, 0) is 4.74 Å². The Hall–Kier alpha value is -1.62. The van der Waals surface area contributed by atoms with Crippen molar-refractivity contribution >= 4 is 11.7 Å². The second-order valence-corrected chi connectivity index (χ2v) is 4.13. The van der Waals surface area contributed by atoms with Crippen molar-refractivity contribution in [1.29, 1.82) is 0 Å². The molecule has 0 aromatic carbocycles. The van der Waals surface area contributed by atoms with E-state index in [1.807, 2.05) is 32.0 Å². The van der Waals surface area contributed by atoms with Gasteiger partial charge in [0.1, 0.15) is 5.82 Å². The van der Waals surface area contributed by atoms with Gasteiger partial charge >= 0.3 is 0 Å². The van der Waals surface area contributed by atoms with Crippen molar-refractivity contribution in [3.63, 3.8) is 0 Å². The number of hydrogen-bond donors (Lipinski definition) is 1. The molecular weight excluding hydrogens is 218 g/mol. The zero-order chi connectivity index (χ0) is 12.8. The van der Waals surface area contributed by atoms with Gasteiger partial charge in [0.25, 0.3) is 5.91 Å². The molecule has 1 amide bonds. The van der Waals surface area contributed by atoms with E-state index in [4.69, 9.17) is 4.74 Å². The van der Waals surface area contributed by atoms with Gasteiger partial charge in [0, 0.05) is 33.4 Å². The van der Waals surface area contributed by atoms with Crippen LogP contribution in [0.5, 0.6) is 0 Å². The summed E-state index contributed by atoms with van der Waals surface area (Å²) in [4.78, 5) is 17.9. The van der Waals surface area contributed by atoms with E-state index in [0.29, 0.717) is 12.2 Å². The summed E-state index contributed by atoms with van der Waals surface area (Å²) < 4.78 is 4.95. The van der Waals surface area contributed by atoms with Gasteiger partial charge in [0.15, 0.2) is 0 Å². The second-order valence-electron chi connectivity index (χ2n) is 4.13. The Balaban J connectivity index is 2.63. The molecule has 0 bridgehead atoms. The third-order valence-corrected chi connectivity index (χ3v) is 2.26. The normalized spacial score (nSPS) is 12.0. The summed E-state index contributed by atoms with van der Waals surface area (Å²) in [5.41, 5.74) is 0.554. The largest absolute Gasteiger partial charge is 0.383 e. The van der Waals surface area contributed by atoms with Crippen LogP contribution in [0.1, 0.15) is 17.3 Å². The smallest absolute Gasteiger partial charge is 0.253 e. The molecule has 1 N–H and O–H groups in total. The van der Waals surface area contributed by atoms with Crippen LogP contribution in [-0.4, -0.2) is 44.7 Å². The molecule has 5 nitrogen and oxygen atoms in total. The van der Waals surface area contributed by atoms with Gasteiger partial charge < -0.3 is 15.0 Å². The van der Waals surface area contributed by atoms with E-state index in [2.05, 4.69) is 10.3 Å². The fourth-order valence-electron chi connectivity index (χ4n) is 1.38. The molecule has 1 aromatic heterocycles. The number of nitrogens with one attached hydrogen (secondary N) is 1. The zero-order valence-corrected chi connectivity index (χ0v) is 10.7.